The highest BCUT2D eigenvalue weighted by atomic mass is 32.1. The van der Waals surface area contributed by atoms with Crippen molar-refractivity contribution < 1.29 is 0 Å². The van der Waals surface area contributed by atoms with Gasteiger partial charge in [-0.05, 0) is 24.3 Å². The lowest BCUT2D eigenvalue weighted by atomic mass is 10.3. The van der Waals surface area contributed by atoms with E-state index in [1.807, 2.05) is 17.5 Å². The van der Waals surface area contributed by atoms with Crippen molar-refractivity contribution in [1.29, 1.82) is 0 Å². The van der Waals surface area contributed by atoms with Gasteiger partial charge in [0.1, 0.15) is 5.82 Å². The zero-order valence-corrected chi connectivity index (χ0v) is 8.88. The molecular weight excluding hydrogens is 208 g/mol. The second kappa shape index (κ2) is 3.31. The Morgan fingerprint density at radius 2 is 2.33 bits per heavy atom. The molecule has 2 aromatic rings. The fourth-order valence-electron chi connectivity index (χ4n) is 1.59. The molecule has 1 fully saturated rings. The van der Waals surface area contributed by atoms with E-state index < -0.39 is 0 Å². The zero-order valence-electron chi connectivity index (χ0n) is 8.06. The molecule has 3 nitrogen and oxygen atoms in total. The molecule has 0 spiro atoms. The Bertz CT molecular complexity index is 526. The molecular formula is C11H10N2OS. The maximum absolute atomic E-state index is 11.4. The van der Waals surface area contributed by atoms with Crippen LogP contribution < -0.4 is 5.56 Å². The van der Waals surface area contributed by atoms with E-state index in [1.54, 1.807) is 17.4 Å². The van der Waals surface area contributed by atoms with E-state index in [4.69, 9.17) is 0 Å². The van der Waals surface area contributed by atoms with Crippen LogP contribution in [0.2, 0.25) is 0 Å². The Hall–Kier alpha value is -1.42. The van der Waals surface area contributed by atoms with Gasteiger partial charge in [0.25, 0.3) is 5.56 Å². The van der Waals surface area contributed by atoms with Crippen LogP contribution in [0.1, 0.15) is 24.5 Å². The predicted octanol–water partition coefficient (Wildman–Crippen LogP) is 2.38. The van der Waals surface area contributed by atoms with Crippen LogP contribution in [-0.4, -0.2) is 9.97 Å². The van der Waals surface area contributed by atoms with Gasteiger partial charge in [-0.2, -0.15) is 0 Å². The summed E-state index contributed by atoms with van der Waals surface area (Å²) in [4.78, 5) is 19.7. The molecule has 1 saturated carbocycles. The van der Waals surface area contributed by atoms with Gasteiger partial charge in [0.2, 0.25) is 0 Å². The maximum Gasteiger partial charge on any atom is 0.251 e. The number of nitrogens with zero attached hydrogens (tertiary/aromatic N) is 1. The summed E-state index contributed by atoms with van der Waals surface area (Å²) in [5, 5.41) is 1.99. The van der Waals surface area contributed by atoms with E-state index in [0.717, 1.165) is 10.6 Å². The van der Waals surface area contributed by atoms with Crippen molar-refractivity contribution in [3.63, 3.8) is 0 Å². The molecule has 4 heteroatoms. The second-order valence-electron chi connectivity index (χ2n) is 3.77. The summed E-state index contributed by atoms with van der Waals surface area (Å²) in [7, 11) is 0. The molecule has 15 heavy (non-hydrogen) atoms. The van der Waals surface area contributed by atoms with Crippen molar-refractivity contribution in [3.8, 4) is 10.7 Å². The highest BCUT2D eigenvalue weighted by Crippen LogP contribution is 2.38. The highest BCUT2D eigenvalue weighted by Gasteiger charge is 2.25. The molecule has 0 bridgehead atoms. The summed E-state index contributed by atoms with van der Waals surface area (Å²) in [6.45, 7) is 0. The molecule has 1 aliphatic rings. The SMILES string of the molecule is O=c1cc(C2CC2)nc(-c2cccs2)[nH]1. The largest absolute Gasteiger partial charge is 0.306 e. The first-order valence-corrected chi connectivity index (χ1v) is 5.86. The molecule has 0 unspecified atom stereocenters. The van der Waals surface area contributed by atoms with Gasteiger partial charge in [-0.3, -0.25) is 4.79 Å². The van der Waals surface area contributed by atoms with E-state index in [1.165, 1.54) is 12.8 Å². The molecule has 2 heterocycles. The van der Waals surface area contributed by atoms with Gasteiger partial charge in [-0.15, -0.1) is 11.3 Å². The normalized spacial score (nSPS) is 15.5. The van der Waals surface area contributed by atoms with Crippen molar-refractivity contribution in [1.82, 2.24) is 9.97 Å². The number of aromatic amines is 1. The minimum atomic E-state index is -0.0460. The minimum absolute atomic E-state index is 0.0460. The Morgan fingerprint density at radius 1 is 1.47 bits per heavy atom. The number of thiophene rings is 1. The average Bonchev–Trinajstić information content (AvgIpc) is 2.93. The van der Waals surface area contributed by atoms with Gasteiger partial charge in [0.15, 0.2) is 0 Å². The Balaban J connectivity index is 2.11. The molecule has 0 amide bonds. The van der Waals surface area contributed by atoms with Crippen LogP contribution in [0, 0.1) is 0 Å². The molecule has 0 radical (unpaired) electrons. The third kappa shape index (κ3) is 1.72. The van der Waals surface area contributed by atoms with Gasteiger partial charge in [-0.25, -0.2) is 4.98 Å². The summed E-state index contributed by atoms with van der Waals surface area (Å²) in [6.07, 6.45) is 2.33. The zero-order chi connectivity index (χ0) is 10.3. The van der Waals surface area contributed by atoms with Crippen molar-refractivity contribution in [2.45, 2.75) is 18.8 Å². The van der Waals surface area contributed by atoms with Crippen molar-refractivity contribution >= 4 is 11.3 Å². The Labute approximate surface area is 90.8 Å². The number of aromatic nitrogens is 2. The molecule has 0 aromatic carbocycles. The molecule has 0 aliphatic heterocycles. The molecule has 1 N–H and O–H groups in total. The maximum atomic E-state index is 11.4. The second-order valence-corrected chi connectivity index (χ2v) is 4.72. The van der Waals surface area contributed by atoms with E-state index in [9.17, 15) is 4.79 Å². The van der Waals surface area contributed by atoms with Gasteiger partial charge in [-0.1, -0.05) is 6.07 Å². The molecule has 2 aromatic heterocycles. The summed E-state index contributed by atoms with van der Waals surface area (Å²) >= 11 is 1.59. The lowest BCUT2D eigenvalue weighted by Crippen LogP contribution is -2.09. The number of rotatable bonds is 2. The topological polar surface area (TPSA) is 45.8 Å². The number of nitrogens with one attached hydrogen (secondary N) is 1. The van der Waals surface area contributed by atoms with Crippen molar-refractivity contribution in [3.05, 3.63) is 39.6 Å². The third-order valence-corrected chi connectivity index (χ3v) is 3.39. The van der Waals surface area contributed by atoms with Crippen LogP contribution in [0.25, 0.3) is 10.7 Å². The molecule has 3 rings (SSSR count). The summed E-state index contributed by atoms with van der Waals surface area (Å²) < 4.78 is 0. The fourth-order valence-corrected chi connectivity index (χ4v) is 2.26. The van der Waals surface area contributed by atoms with Crippen LogP contribution in [0.15, 0.2) is 28.4 Å². The van der Waals surface area contributed by atoms with Crippen LogP contribution in [0.3, 0.4) is 0 Å². The van der Waals surface area contributed by atoms with Gasteiger partial charge in [0.05, 0.1) is 10.6 Å². The van der Waals surface area contributed by atoms with Crippen LogP contribution in [0.5, 0.6) is 0 Å². The summed E-state index contributed by atoms with van der Waals surface area (Å²) in [5.74, 6) is 1.23. The van der Waals surface area contributed by atoms with E-state index >= 15 is 0 Å². The lowest BCUT2D eigenvalue weighted by Gasteiger charge is -2.00. The Morgan fingerprint density at radius 3 is 3.00 bits per heavy atom. The van der Waals surface area contributed by atoms with E-state index in [-0.39, 0.29) is 5.56 Å². The third-order valence-electron chi connectivity index (χ3n) is 2.51. The van der Waals surface area contributed by atoms with Gasteiger partial charge < -0.3 is 4.98 Å². The predicted molar refractivity (Wildman–Crippen MR) is 60.1 cm³/mol. The van der Waals surface area contributed by atoms with Crippen LogP contribution in [0.4, 0.5) is 0 Å². The lowest BCUT2D eigenvalue weighted by molar-refractivity contribution is 0.979. The summed E-state index contributed by atoms with van der Waals surface area (Å²) in [6, 6.07) is 5.55. The highest BCUT2D eigenvalue weighted by molar-refractivity contribution is 7.13. The number of H-pyrrole nitrogens is 1. The fraction of sp³-hybridized carbons (Fsp3) is 0.273. The van der Waals surface area contributed by atoms with Gasteiger partial charge >= 0.3 is 0 Å². The smallest absolute Gasteiger partial charge is 0.251 e. The average molecular weight is 218 g/mol. The first-order chi connectivity index (χ1) is 7.33. The molecule has 0 saturated heterocycles. The molecule has 76 valence electrons. The molecule has 0 atom stereocenters. The monoisotopic (exact) mass is 218 g/mol. The van der Waals surface area contributed by atoms with Crippen molar-refractivity contribution in [2.24, 2.45) is 0 Å². The first kappa shape index (κ1) is 8.85. The van der Waals surface area contributed by atoms with E-state index in [0.29, 0.717) is 11.7 Å². The minimum Gasteiger partial charge on any atom is -0.306 e. The van der Waals surface area contributed by atoms with E-state index in [2.05, 4.69) is 9.97 Å². The Kier molecular flexibility index (Phi) is 1.95. The number of hydrogen-bond acceptors (Lipinski definition) is 3. The number of hydrogen-bond donors (Lipinski definition) is 1. The first-order valence-electron chi connectivity index (χ1n) is 4.98. The standard InChI is InChI=1S/C11H10N2OS/c14-10-6-8(7-3-4-7)12-11(13-10)9-2-1-5-15-9/h1-2,5-7H,3-4H2,(H,12,13,14). The quantitative estimate of drug-likeness (QED) is 0.841. The van der Waals surface area contributed by atoms with Crippen LogP contribution >= 0.6 is 11.3 Å². The molecule has 1 aliphatic carbocycles. The van der Waals surface area contributed by atoms with Gasteiger partial charge in [0, 0.05) is 12.0 Å². The van der Waals surface area contributed by atoms with Crippen LogP contribution in [-0.2, 0) is 0 Å². The summed E-state index contributed by atoms with van der Waals surface area (Å²) in [5.41, 5.74) is 0.900. The van der Waals surface area contributed by atoms with Crippen molar-refractivity contribution in [2.75, 3.05) is 0 Å².